The van der Waals surface area contributed by atoms with E-state index in [1.165, 1.54) is 0 Å². The van der Waals surface area contributed by atoms with Crippen LogP contribution in [0.15, 0.2) is 109 Å². The minimum Gasteiger partial charge on any atom is -0.489 e. The molecule has 6 heteroatoms. The van der Waals surface area contributed by atoms with E-state index in [1.54, 1.807) is 24.3 Å². The van der Waals surface area contributed by atoms with Gasteiger partial charge in [-0.15, -0.1) is 0 Å². The van der Waals surface area contributed by atoms with Gasteiger partial charge in [0.25, 0.3) is 0 Å². The highest BCUT2D eigenvalue weighted by Gasteiger charge is 2.20. The number of carbonyl (C=O) groups excluding carboxylic acids is 2. The van der Waals surface area contributed by atoms with Crippen LogP contribution in [0.25, 0.3) is 0 Å². The van der Waals surface area contributed by atoms with Crippen molar-refractivity contribution in [1.29, 1.82) is 0 Å². The Kier molecular flexibility index (Phi) is 8.46. The number of hydrogen-bond donors (Lipinski definition) is 3. The first kappa shape index (κ1) is 24.7. The third-order valence-electron chi connectivity index (χ3n) is 5.78. The average molecular weight is 480 g/mol. The largest absolute Gasteiger partial charge is 0.489 e. The van der Waals surface area contributed by atoms with Crippen molar-refractivity contribution in [2.45, 2.75) is 25.7 Å². The highest BCUT2D eigenvalue weighted by atomic mass is 16.5. The molecule has 0 aliphatic heterocycles. The van der Waals surface area contributed by atoms with Gasteiger partial charge in [-0.3, -0.25) is 14.9 Å². The molecule has 0 unspecified atom stereocenters. The molecule has 182 valence electrons. The molecule has 0 spiro atoms. The van der Waals surface area contributed by atoms with Crippen molar-refractivity contribution in [3.8, 4) is 5.75 Å². The van der Waals surface area contributed by atoms with Crippen LogP contribution in [0.5, 0.6) is 5.75 Å². The topological polar surface area (TPSA) is 93.5 Å². The molecule has 2 amide bonds. The lowest BCUT2D eigenvalue weighted by molar-refractivity contribution is -0.123. The number of nitrogens with one attached hydrogen (secondary N) is 2. The Hall–Kier alpha value is -4.42. The molecule has 1 atom stereocenters. The first-order valence-electron chi connectivity index (χ1n) is 11.8. The number of nitrogens with two attached hydrogens (primary N) is 1. The number of primary amides is 1. The van der Waals surface area contributed by atoms with Gasteiger partial charge in [-0.25, -0.2) is 0 Å². The molecule has 4 rings (SSSR count). The fraction of sp³-hybridized carbons (Fsp3) is 0.133. The van der Waals surface area contributed by atoms with Crippen LogP contribution >= 0.6 is 0 Å². The molecule has 36 heavy (non-hydrogen) atoms. The molecule has 0 aliphatic carbocycles. The number of rotatable bonds is 11. The second-order valence-electron chi connectivity index (χ2n) is 8.42. The minimum atomic E-state index is -0.557. The van der Waals surface area contributed by atoms with Gasteiger partial charge in [-0.2, -0.15) is 0 Å². The molecule has 4 N–H and O–H groups in total. The van der Waals surface area contributed by atoms with E-state index in [2.05, 4.69) is 10.6 Å². The van der Waals surface area contributed by atoms with Gasteiger partial charge in [0.15, 0.2) is 0 Å². The highest BCUT2D eigenvalue weighted by molar-refractivity contribution is 5.92. The Bertz CT molecular complexity index is 1260. The van der Waals surface area contributed by atoms with Crippen molar-refractivity contribution in [1.82, 2.24) is 10.6 Å². The van der Waals surface area contributed by atoms with Crippen molar-refractivity contribution in [3.63, 3.8) is 0 Å². The van der Waals surface area contributed by atoms with Crippen molar-refractivity contribution in [2.24, 2.45) is 5.73 Å². The van der Waals surface area contributed by atoms with Crippen molar-refractivity contribution < 1.29 is 14.3 Å². The summed E-state index contributed by atoms with van der Waals surface area (Å²) in [5.74, 6) is 0.106. The van der Waals surface area contributed by atoms with E-state index in [0.29, 0.717) is 25.3 Å². The normalized spacial score (nSPS) is 11.4. The summed E-state index contributed by atoms with van der Waals surface area (Å²) in [4.78, 5) is 24.5. The van der Waals surface area contributed by atoms with Crippen LogP contribution in [0.1, 0.15) is 38.7 Å². The van der Waals surface area contributed by atoms with Crippen LogP contribution in [0, 0.1) is 0 Å². The molecular weight excluding hydrogens is 450 g/mol. The fourth-order valence-electron chi connectivity index (χ4n) is 3.75. The van der Waals surface area contributed by atoms with Crippen molar-refractivity contribution >= 4 is 11.8 Å². The maximum atomic E-state index is 13.2. The second kappa shape index (κ2) is 12.3. The smallest absolute Gasteiger partial charge is 0.248 e. The van der Waals surface area contributed by atoms with Crippen LogP contribution in [0.3, 0.4) is 0 Å². The third kappa shape index (κ3) is 7.04. The molecule has 0 saturated carbocycles. The van der Waals surface area contributed by atoms with E-state index in [-0.39, 0.29) is 5.91 Å². The quantitative estimate of drug-likeness (QED) is 0.295. The van der Waals surface area contributed by atoms with Gasteiger partial charge in [-0.05, 0) is 46.5 Å². The number of carbonyl (C=O) groups is 2. The molecule has 0 bridgehead atoms. The Morgan fingerprint density at radius 3 is 1.89 bits per heavy atom. The Morgan fingerprint density at radius 2 is 1.28 bits per heavy atom. The molecule has 0 aliphatic rings. The third-order valence-corrected chi connectivity index (χ3v) is 5.78. The van der Waals surface area contributed by atoms with Gasteiger partial charge in [0.2, 0.25) is 11.8 Å². The van der Waals surface area contributed by atoms with E-state index in [1.807, 2.05) is 84.9 Å². The summed E-state index contributed by atoms with van der Waals surface area (Å²) >= 11 is 0. The zero-order valence-corrected chi connectivity index (χ0v) is 19.9. The molecule has 6 nitrogen and oxygen atoms in total. The summed E-state index contributed by atoms with van der Waals surface area (Å²) in [6, 6.07) is 33.8. The first-order chi connectivity index (χ1) is 17.6. The SMILES string of the molecule is NC(=O)c1ccc(CNC(=O)[C@@H](NCc2ccccc2)c2ccc(OCc3ccccc3)cc2)cc1. The molecule has 4 aromatic carbocycles. The maximum absolute atomic E-state index is 13.2. The molecule has 0 fully saturated rings. The summed E-state index contributed by atoms with van der Waals surface area (Å²) in [6.07, 6.45) is 0. The number of benzene rings is 4. The van der Waals surface area contributed by atoms with Crippen LogP contribution in [0.2, 0.25) is 0 Å². The predicted molar refractivity (Wildman–Crippen MR) is 140 cm³/mol. The van der Waals surface area contributed by atoms with Gasteiger partial charge in [0.1, 0.15) is 18.4 Å². The van der Waals surface area contributed by atoms with E-state index >= 15 is 0 Å². The molecule has 0 radical (unpaired) electrons. The lowest BCUT2D eigenvalue weighted by atomic mass is 10.0. The number of amides is 2. The molecular formula is C30H29N3O3. The van der Waals surface area contributed by atoms with E-state index in [9.17, 15) is 9.59 Å². The summed E-state index contributed by atoms with van der Waals surface area (Å²) < 4.78 is 5.89. The van der Waals surface area contributed by atoms with Crippen LogP contribution in [-0.4, -0.2) is 11.8 Å². The zero-order valence-electron chi connectivity index (χ0n) is 19.9. The van der Waals surface area contributed by atoms with Crippen LogP contribution in [0.4, 0.5) is 0 Å². The summed E-state index contributed by atoms with van der Waals surface area (Å²) in [5.41, 5.74) is 9.62. The van der Waals surface area contributed by atoms with Gasteiger partial charge in [0, 0.05) is 18.7 Å². The molecule has 4 aromatic rings. The van der Waals surface area contributed by atoms with Gasteiger partial charge in [-0.1, -0.05) is 84.9 Å². The minimum absolute atomic E-state index is 0.150. The van der Waals surface area contributed by atoms with E-state index in [4.69, 9.17) is 10.5 Å². The number of hydrogen-bond acceptors (Lipinski definition) is 4. The highest BCUT2D eigenvalue weighted by Crippen LogP contribution is 2.20. The first-order valence-corrected chi connectivity index (χ1v) is 11.8. The molecule has 0 saturated heterocycles. The van der Waals surface area contributed by atoms with Crippen LogP contribution in [-0.2, 0) is 24.5 Å². The van der Waals surface area contributed by atoms with Gasteiger partial charge in [0.05, 0.1) is 0 Å². The summed E-state index contributed by atoms with van der Waals surface area (Å²) in [7, 11) is 0. The van der Waals surface area contributed by atoms with Gasteiger partial charge >= 0.3 is 0 Å². The standard InChI is InChI=1S/C30H29N3O3/c31-29(34)26-13-11-23(12-14-26)20-33-30(35)28(32-19-22-7-3-1-4-8-22)25-15-17-27(18-16-25)36-21-24-9-5-2-6-10-24/h1-18,28,32H,19-21H2,(H2,31,34)(H,33,35)/t28-/m0/s1. The van der Waals surface area contributed by atoms with E-state index in [0.717, 1.165) is 28.0 Å². The lowest BCUT2D eigenvalue weighted by Gasteiger charge is -2.20. The zero-order chi connectivity index (χ0) is 25.2. The van der Waals surface area contributed by atoms with Crippen LogP contribution < -0.4 is 21.1 Å². The second-order valence-corrected chi connectivity index (χ2v) is 8.42. The van der Waals surface area contributed by atoms with Gasteiger partial charge < -0.3 is 15.8 Å². The number of ether oxygens (including phenoxy) is 1. The Balaban J connectivity index is 1.43. The maximum Gasteiger partial charge on any atom is 0.248 e. The van der Waals surface area contributed by atoms with Crippen molar-refractivity contribution in [3.05, 3.63) is 137 Å². The lowest BCUT2D eigenvalue weighted by Crippen LogP contribution is -2.37. The van der Waals surface area contributed by atoms with Crippen molar-refractivity contribution in [2.75, 3.05) is 0 Å². The Morgan fingerprint density at radius 1 is 0.694 bits per heavy atom. The average Bonchev–Trinajstić information content (AvgIpc) is 2.93. The summed E-state index contributed by atoms with van der Waals surface area (Å²) in [6.45, 7) is 1.35. The fourth-order valence-corrected chi connectivity index (χ4v) is 3.75. The molecule has 0 aromatic heterocycles. The Labute approximate surface area is 211 Å². The summed E-state index contributed by atoms with van der Waals surface area (Å²) in [5, 5.41) is 6.37. The predicted octanol–water partition coefficient (Wildman–Crippen LogP) is 4.51. The van der Waals surface area contributed by atoms with E-state index < -0.39 is 11.9 Å². The monoisotopic (exact) mass is 479 g/mol. The molecule has 0 heterocycles.